The summed E-state index contributed by atoms with van der Waals surface area (Å²) in [5.74, 6) is 5.86. The highest BCUT2D eigenvalue weighted by Gasteiger charge is 2.21. The van der Waals surface area contributed by atoms with Gasteiger partial charge in [-0.05, 0) is 10.8 Å². The third-order valence-corrected chi connectivity index (χ3v) is 2.51. The molecule has 104 valence electrons. The van der Waals surface area contributed by atoms with Crippen LogP contribution in [0.3, 0.4) is 0 Å². The van der Waals surface area contributed by atoms with Crippen molar-refractivity contribution < 1.29 is 0 Å². The van der Waals surface area contributed by atoms with E-state index in [9.17, 15) is 0 Å². The lowest BCUT2D eigenvalue weighted by Gasteiger charge is -2.35. The summed E-state index contributed by atoms with van der Waals surface area (Å²) in [5, 5.41) is 1.89. The van der Waals surface area contributed by atoms with Crippen molar-refractivity contribution in [3.05, 3.63) is 0 Å². The van der Waals surface area contributed by atoms with E-state index >= 15 is 0 Å². The third-order valence-electron chi connectivity index (χ3n) is 2.51. The molecule has 0 aliphatic carbocycles. The van der Waals surface area contributed by atoms with Gasteiger partial charge in [-0.3, -0.25) is 5.84 Å². The fourth-order valence-corrected chi connectivity index (χ4v) is 1.98. The number of rotatable bonds is 6. The summed E-state index contributed by atoms with van der Waals surface area (Å²) in [5.41, 5.74) is 0.688. The van der Waals surface area contributed by atoms with Gasteiger partial charge in [0.05, 0.1) is 0 Å². The zero-order chi connectivity index (χ0) is 13.7. The summed E-state index contributed by atoms with van der Waals surface area (Å²) in [6.45, 7) is 21.0. The molecule has 0 heterocycles. The maximum Gasteiger partial charge on any atom is 0.0256 e. The lowest BCUT2D eigenvalue weighted by Crippen LogP contribution is -2.44. The van der Waals surface area contributed by atoms with Crippen molar-refractivity contribution in [3.63, 3.8) is 0 Å². The quantitative estimate of drug-likeness (QED) is 0.575. The van der Waals surface area contributed by atoms with Gasteiger partial charge in [0.2, 0.25) is 0 Å². The Kier molecular flexibility index (Phi) is 6.67. The van der Waals surface area contributed by atoms with Crippen LogP contribution in [0.25, 0.3) is 0 Å². The number of nitrogens with two attached hydrogens (primary N) is 1. The second-order valence-electron chi connectivity index (χ2n) is 7.46. The number of hydrazine groups is 1. The van der Waals surface area contributed by atoms with Gasteiger partial charge in [-0.25, -0.2) is 5.01 Å². The van der Waals surface area contributed by atoms with Gasteiger partial charge in [0.15, 0.2) is 0 Å². The van der Waals surface area contributed by atoms with Crippen molar-refractivity contribution in [3.8, 4) is 0 Å². The summed E-state index contributed by atoms with van der Waals surface area (Å²) in [4.78, 5) is 2.54. The van der Waals surface area contributed by atoms with Gasteiger partial charge < -0.3 is 4.90 Å². The highest BCUT2D eigenvalue weighted by molar-refractivity contribution is 4.75. The fraction of sp³-hybridized carbons (Fsp3) is 1.00. The van der Waals surface area contributed by atoms with Crippen LogP contribution in [0.2, 0.25) is 0 Å². The van der Waals surface area contributed by atoms with Crippen molar-refractivity contribution in [2.45, 2.75) is 48.5 Å². The van der Waals surface area contributed by atoms with E-state index in [1.54, 1.807) is 0 Å². The van der Waals surface area contributed by atoms with Gasteiger partial charge in [-0.1, -0.05) is 48.5 Å². The van der Waals surface area contributed by atoms with Crippen LogP contribution in [-0.2, 0) is 0 Å². The first-order valence-corrected chi connectivity index (χ1v) is 6.75. The maximum absolute atomic E-state index is 5.86. The van der Waals surface area contributed by atoms with Crippen molar-refractivity contribution in [2.75, 3.05) is 32.7 Å². The molecular weight excluding hydrogens is 210 g/mol. The molecule has 0 unspecified atom stereocenters. The molecule has 3 heteroatoms. The summed E-state index contributed by atoms with van der Waals surface area (Å²) < 4.78 is 0. The molecule has 0 aliphatic rings. The zero-order valence-electron chi connectivity index (χ0n) is 13.0. The van der Waals surface area contributed by atoms with Crippen LogP contribution in [0.5, 0.6) is 0 Å². The van der Waals surface area contributed by atoms with Crippen molar-refractivity contribution in [1.82, 2.24) is 9.91 Å². The first-order chi connectivity index (χ1) is 7.53. The minimum Gasteiger partial charge on any atom is -0.301 e. The first-order valence-electron chi connectivity index (χ1n) is 6.75. The molecule has 3 nitrogen and oxygen atoms in total. The average Bonchev–Trinajstić information content (AvgIpc) is 2.08. The van der Waals surface area contributed by atoms with Crippen molar-refractivity contribution in [1.29, 1.82) is 0 Å². The molecule has 0 rings (SSSR count). The summed E-state index contributed by atoms with van der Waals surface area (Å²) in [6, 6.07) is 0. The molecule has 17 heavy (non-hydrogen) atoms. The van der Waals surface area contributed by atoms with Crippen LogP contribution in [0.15, 0.2) is 0 Å². The van der Waals surface area contributed by atoms with E-state index in [-0.39, 0.29) is 0 Å². The number of hydrogen-bond donors (Lipinski definition) is 1. The SMILES string of the molecule is CCN(N)CCN(CC(C)(C)C)CC(C)(C)C. The second kappa shape index (κ2) is 6.72. The topological polar surface area (TPSA) is 32.5 Å². The molecule has 0 bridgehead atoms. The van der Waals surface area contributed by atoms with Crippen LogP contribution < -0.4 is 5.84 Å². The first kappa shape index (κ1) is 16.9. The van der Waals surface area contributed by atoms with Gasteiger partial charge in [-0.15, -0.1) is 0 Å². The summed E-state index contributed by atoms with van der Waals surface area (Å²) in [6.07, 6.45) is 0. The zero-order valence-corrected chi connectivity index (χ0v) is 13.0. The maximum atomic E-state index is 5.86. The second-order valence-corrected chi connectivity index (χ2v) is 7.46. The molecule has 0 saturated carbocycles. The predicted octanol–water partition coefficient (Wildman–Crippen LogP) is 2.58. The number of hydrogen-bond acceptors (Lipinski definition) is 3. The average molecular weight is 243 g/mol. The molecule has 0 aromatic heterocycles. The van der Waals surface area contributed by atoms with Crippen LogP contribution in [-0.4, -0.2) is 42.6 Å². The Morgan fingerprint density at radius 1 is 0.824 bits per heavy atom. The molecule has 0 amide bonds. The van der Waals surface area contributed by atoms with E-state index < -0.39 is 0 Å². The van der Waals surface area contributed by atoms with Crippen molar-refractivity contribution >= 4 is 0 Å². The lowest BCUT2D eigenvalue weighted by molar-refractivity contribution is 0.124. The van der Waals surface area contributed by atoms with E-state index in [0.717, 1.165) is 32.7 Å². The van der Waals surface area contributed by atoms with E-state index in [2.05, 4.69) is 53.4 Å². The van der Waals surface area contributed by atoms with E-state index in [0.29, 0.717) is 10.8 Å². The Balaban J connectivity index is 4.31. The Morgan fingerprint density at radius 2 is 1.24 bits per heavy atom. The Hall–Kier alpha value is -0.120. The highest BCUT2D eigenvalue weighted by Crippen LogP contribution is 2.20. The molecule has 0 aromatic carbocycles. The highest BCUT2D eigenvalue weighted by atomic mass is 15.4. The minimum atomic E-state index is 0.344. The fourth-order valence-electron chi connectivity index (χ4n) is 1.98. The van der Waals surface area contributed by atoms with E-state index in [1.807, 2.05) is 5.01 Å². The van der Waals surface area contributed by atoms with Crippen LogP contribution >= 0.6 is 0 Å². The normalized spacial score (nSPS) is 13.8. The van der Waals surface area contributed by atoms with Crippen LogP contribution in [0, 0.1) is 10.8 Å². The molecule has 0 aromatic rings. The molecule has 2 N–H and O–H groups in total. The van der Waals surface area contributed by atoms with Gasteiger partial charge in [0.1, 0.15) is 0 Å². The monoisotopic (exact) mass is 243 g/mol. The van der Waals surface area contributed by atoms with E-state index in [4.69, 9.17) is 5.84 Å². The molecule has 0 radical (unpaired) electrons. The Labute approximate surface area is 108 Å². The number of likely N-dealkylation sites (N-methyl/N-ethyl adjacent to an activating group) is 1. The molecule has 0 atom stereocenters. The molecule has 0 spiro atoms. The number of nitrogens with zero attached hydrogens (tertiary/aromatic N) is 2. The van der Waals surface area contributed by atoms with E-state index in [1.165, 1.54) is 0 Å². The Morgan fingerprint density at radius 3 is 1.53 bits per heavy atom. The molecule has 0 aliphatic heterocycles. The summed E-state index contributed by atoms with van der Waals surface area (Å²) in [7, 11) is 0. The third kappa shape index (κ3) is 10.7. The lowest BCUT2D eigenvalue weighted by atomic mass is 9.92. The molecule has 0 saturated heterocycles. The standard InChI is InChI=1S/C14H33N3/c1-8-17(15)10-9-16(11-13(2,3)4)12-14(5,6)7/h8-12,15H2,1-7H3. The van der Waals surface area contributed by atoms with Gasteiger partial charge >= 0.3 is 0 Å². The summed E-state index contributed by atoms with van der Waals surface area (Å²) >= 11 is 0. The predicted molar refractivity (Wildman–Crippen MR) is 76.8 cm³/mol. The van der Waals surface area contributed by atoms with Gasteiger partial charge in [0, 0.05) is 32.7 Å². The molecular formula is C14H33N3. The van der Waals surface area contributed by atoms with Gasteiger partial charge in [-0.2, -0.15) is 0 Å². The minimum absolute atomic E-state index is 0.344. The largest absolute Gasteiger partial charge is 0.301 e. The van der Waals surface area contributed by atoms with Crippen LogP contribution in [0.1, 0.15) is 48.5 Å². The Bertz CT molecular complexity index is 184. The smallest absolute Gasteiger partial charge is 0.0256 e. The van der Waals surface area contributed by atoms with Gasteiger partial charge in [0.25, 0.3) is 0 Å². The molecule has 0 fully saturated rings. The van der Waals surface area contributed by atoms with Crippen LogP contribution in [0.4, 0.5) is 0 Å². The van der Waals surface area contributed by atoms with Crippen molar-refractivity contribution in [2.24, 2.45) is 16.7 Å².